The fourth-order valence-corrected chi connectivity index (χ4v) is 1.48. The molecule has 0 aliphatic carbocycles. The molecule has 3 nitrogen and oxygen atoms in total. The van der Waals surface area contributed by atoms with Crippen LogP contribution in [-0.2, 0) is 4.79 Å². The lowest BCUT2D eigenvalue weighted by Crippen LogP contribution is -2.23. The number of carboxylic acid groups (broad SMARTS) is 1. The Labute approximate surface area is 105 Å². The summed E-state index contributed by atoms with van der Waals surface area (Å²) in [4.78, 5) is 10.6. The molecular weight excluding hydrogens is 298 g/mol. The van der Waals surface area contributed by atoms with E-state index in [1.54, 1.807) is 6.07 Å². The summed E-state index contributed by atoms with van der Waals surface area (Å²) in [7, 11) is 0. The lowest BCUT2D eigenvalue weighted by Gasteiger charge is -2.12. The van der Waals surface area contributed by atoms with Crippen molar-refractivity contribution in [3.63, 3.8) is 0 Å². The molecule has 17 heavy (non-hydrogen) atoms. The molecule has 0 amide bonds. The van der Waals surface area contributed by atoms with E-state index in [9.17, 15) is 13.6 Å². The molecule has 1 aromatic carbocycles. The average Bonchev–Trinajstić information content (AvgIpc) is 2.20. The van der Waals surface area contributed by atoms with Gasteiger partial charge in [-0.3, -0.25) is 0 Å². The number of hydrogen-bond donors (Lipinski definition) is 1. The number of halogens is 3. The van der Waals surface area contributed by atoms with E-state index in [2.05, 4.69) is 15.9 Å². The number of aliphatic carboxylic acids is 1. The number of carbonyl (C=O) groups is 1. The molecule has 0 heterocycles. The maximum atomic E-state index is 12.2. The van der Waals surface area contributed by atoms with E-state index < -0.39 is 18.2 Å². The van der Waals surface area contributed by atoms with Crippen LogP contribution < -0.4 is 4.74 Å². The Hall–Kier alpha value is -1.43. The second-order valence-electron chi connectivity index (χ2n) is 3.21. The lowest BCUT2D eigenvalue weighted by molar-refractivity contribution is -0.144. The molecule has 0 aromatic heterocycles. The minimum absolute atomic E-state index is 0.0934. The van der Waals surface area contributed by atoms with Gasteiger partial charge >= 0.3 is 5.97 Å². The zero-order valence-electron chi connectivity index (χ0n) is 8.78. The normalized spacial score (nSPS) is 11.8. The van der Waals surface area contributed by atoms with Crippen molar-refractivity contribution in [1.29, 1.82) is 0 Å². The van der Waals surface area contributed by atoms with Crippen LogP contribution in [0.5, 0.6) is 5.75 Å². The smallest absolute Gasteiger partial charge is 0.344 e. The Bertz CT molecular complexity index is 456. The van der Waals surface area contributed by atoms with Crippen molar-refractivity contribution in [2.75, 3.05) is 0 Å². The van der Waals surface area contributed by atoms with Crippen molar-refractivity contribution in [2.24, 2.45) is 0 Å². The number of rotatable bonds is 4. The Balaban J connectivity index is 3.06. The number of ether oxygens (including phenoxy) is 1. The first-order valence-corrected chi connectivity index (χ1v) is 5.41. The van der Waals surface area contributed by atoms with Gasteiger partial charge in [-0.15, -0.1) is 0 Å². The summed E-state index contributed by atoms with van der Waals surface area (Å²) in [5.74, 6) is -1.07. The van der Waals surface area contributed by atoms with Gasteiger partial charge in [-0.2, -0.15) is 8.78 Å². The van der Waals surface area contributed by atoms with Crippen molar-refractivity contribution < 1.29 is 23.4 Å². The van der Waals surface area contributed by atoms with Gasteiger partial charge in [0.25, 0.3) is 6.08 Å². The highest BCUT2D eigenvalue weighted by molar-refractivity contribution is 9.10. The molecule has 0 fully saturated rings. The van der Waals surface area contributed by atoms with Crippen LogP contribution in [0, 0.1) is 0 Å². The fourth-order valence-electron chi connectivity index (χ4n) is 1.10. The highest BCUT2D eigenvalue weighted by Crippen LogP contribution is 2.26. The molecular formula is C11H9BrF2O3. The lowest BCUT2D eigenvalue weighted by atomic mass is 10.2. The molecule has 6 heteroatoms. The molecule has 92 valence electrons. The second kappa shape index (κ2) is 5.77. The Morgan fingerprint density at radius 2 is 2.18 bits per heavy atom. The third-order valence-corrected chi connectivity index (χ3v) is 2.38. The standard InChI is InChI=1S/C11H9BrF2O3/c1-6(11(15)16)17-9-3-2-8(12)4-7(9)5-10(13)14/h2-6H,1H3,(H,15,16). The molecule has 1 N–H and O–H groups in total. The van der Waals surface area contributed by atoms with Crippen molar-refractivity contribution in [2.45, 2.75) is 13.0 Å². The zero-order valence-corrected chi connectivity index (χ0v) is 10.4. The van der Waals surface area contributed by atoms with E-state index in [0.29, 0.717) is 10.5 Å². The number of benzene rings is 1. The molecule has 0 bridgehead atoms. The minimum atomic E-state index is -1.88. The Kier molecular flexibility index (Phi) is 4.62. The second-order valence-corrected chi connectivity index (χ2v) is 4.13. The monoisotopic (exact) mass is 306 g/mol. The molecule has 0 saturated heterocycles. The number of hydrogen-bond acceptors (Lipinski definition) is 2. The third kappa shape index (κ3) is 4.14. The summed E-state index contributed by atoms with van der Waals surface area (Å²) in [6.45, 7) is 1.32. The van der Waals surface area contributed by atoms with Gasteiger partial charge in [-0.05, 0) is 25.1 Å². The van der Waals surface area contributed by atoms with Crippen molar-refractivity contribution in [1.82, 2.24) is 0 Å². The first kappa shape index (κ1) is 13.6. The first-order chi connectivity index (χ1) is 7.90. The summed E-state index contributed by atoms with van der Waals surface area (Å²) < 4.78 is 30.1. The fraction of sp³-hybridized carbons (Fsp3) is 0.182. The van der Waals surface area contributed by atoms with Crippen LogP contribution in [0.3, 0.4) is 0 Å². The van der Waals surface area contributed by atoms with Gasteiger partial charge in [0.05, 0.1) is 0 Å². The van der Waals surface area contributed by atoms with E-state index in [1.165, 1.54) is 19.1 Å². The summed E-state index contributed by atoms with van der Waals surface area (Å²) in [5, 5.41) is 8.67. The van der Waals surface area contributed by atoms with E-state index in [0.717, 1.165) is 0 Å². The summed E-state index contributed by atoms with van der Waals surface area (Å²) in [5.41, 5.74) is 0.118. The molecule has 1 aromatic rings. The van der Waals surface area contributed by atoms with Crippen LogP contribution in [0.15, 0.2) is 28.8 Å². The van der Waals surface area contributed by atoms with Gasteiger partial charge in [-0.1, -0.05) is 15.9 Å². The van der Waals surface area contributed by atoms with Crippen molar-refractivity contribution in [3.8, 4) is 5.75 Å². The third-order valence-electron chi connectivity index (χ3n) is 1.89. The summed E-state index contributed by atoms with van der Waals surface area (Å²) in [6.07, 6.45) is -2.36. The topological polar surface area (TPSA) is 46.5 Å². The predicted octanol–water partition coefficient (Wildman–Crippen LogP) is 3.54. The molecule has 0 radical (unpaired) electrons. The van der Waals surface area contributed by atoms with Crippen LogP contribution in [0.2, 0.25) is 0 Å². The maximum absolute atomic E-state index is 12.2. The van der Waals surface area contributed by atoms with E-state index >= 15 is 0 Å². The van der Waals surface area contributed by atoms with Gasteiger partial charge in [0.15, 0.2) is 6.10 Å². The number of carboxylic acids is 1. The SMILES string of the molecule is CC(Oc1ccc(Br)cc1C=C(F)F)C(=O)O. The molecule has 0 spiro atoms. The molecule has 0 aliphatic rings. The molecule has 1 atom stereocenters. The molecule has 1 rings (SSSR count). The molecule has 0 aliphatic heterocycles. The van der Waals surface area contributed by atoms with Gasteiger partial charge in [0.2, 0.25) is 0 Å². The predicted molar refractivity (Wildman–Crippen MR) is 62.1 cm³/mol. The van der Waals surface area contributed by atoms with Crippen LogP contribution in [0.25, 0.3) is 6.08 Å². The average molecular weight is 307 g/mol. The van der Waals surface area contributed by atoms with Gasteiger partial charge < -0.3 is 9.84 Å². The summed E-state index contributed by atoms with van der Waals surface area (Å²) >= 11 is 3.14. The first-order valence-electron chi connectivity index (χ1n) is 4.62. The van der Waals surface area contributed by atoms with E-state index in [-0.39, 0.29) is 11.3 Å². The van der Waals surface area contributed by atoms with Crippen LogP contribution in [-0.4, -0.2) is 17.2 Å². The van der Waals surface area contributed by atoms with Gasteiger partial charge in [0, 0.05) is 16.1 Å². The van der Waals surface area contributed by atoms with E-state index in [4.69, 9.17) is 9.84 Å². The quantitative estimate of drug-likeness (QED) is 0.925. The van der Waals surface area contributed by atoms with Crippen LogP contribution in [0.4, 0.5) is 8.78 Å². The van der Waals surface area contributed by atoms with Crippen molar-refractivity contribution >= 4 is 28.0 Å². The highest BCUT2D eigenvalue weighted by atomic mass is 79.9. The van der Waals surface area contributed by atoms with Crippen LogP contribution in [0.1, 0.15) is 12.5 Å². The molecule has 0 saturated carbocycles. The van der Waals surface area contributed by atoms with E-state index in [1.807, 2.05) is 0 Å². The summed E-state index contributed by atoms with van der Waals surface area (Å²) in [6, 6.07) is 4.43. The minimum Gasteiger partial charge on any atom is -0.479 e. The Morgan fingerprint density at radius 1 is 1.53 bits per heavy atom. The maximum Gasteiger partial charge on any atom is 0.344 e. The Morgan fingerprint density at radius 3 is 2.71 bits per heavy atom. The molecule has 1 unspecified atom stereocenters. The highest BCUT2D eigenvalue weighted by Gasteiger charge is 2.14. The van der Waals surface area contributed by atoms with Crippen LogP contribution >= 0.6 is 15.9 Å². The van der Waals surface area contributed by atoms with Gasteiger partial charge in [-0.25, -0.2) is 4.79 Å². The van der Waals surface area contributed by atoms with Crippen molar-refractivity contribution in [3.05, 3.63) is 34.3 Å². The zero-order chi connectivity index (χ0) is 13.0. The largest absolute Gasteiger partial charge is 0.479 e. The van der Waals surface area contributed by atoms with Gasteiger partial charge in [0.1, 0.15) is 5.75 Å².